The first-order valence-corrected chi connectivity index (χ1v) is 15.0. The molecule has 1 saturated carbocycles. The molecule has 0 radical (unpaired) electrons. The van der Waals surface area contributed by atoms with E-state index in [0.29, 0.717) is 28.8 Å². The van der Waals surface area contributed by atoms with E-state index >= 15 is 0 Å². The number of carbonyl (C=O) groups is 1. The molecule has 1 aliphatic carbocycles. The molecule has 0 aliphatic heterocycles. The van der Waals surface area contributed by atoms with Crippen LogP contribution in [0, 0.1) is 11.3 Å². The van der Waals surface area contributed by atoms with E-state index < -0.39 is 30.1 Å². The molecular weight excluding hydrogens is 614 g/mol. The van der Waals surface area contributed by atoms with Crippen molar-refractivity contribution < 1.29 is 36.2 Å². The molecule has 1 aliphatic rings. The summed E-state index contributed by atoms with van der Waals surface area (Å²) in [5, 5.41) is 5.75. The monoisotopic (exact) mass is 648 g/mol. The number of halogens is 5. The summed E-state index contributed by atoms with van der Waals surface area (Å²) < 4.78 is 78.0. The summed E-state index contributed by atoms with van der Waals surface area (Å²) in [6, 6.07) is 15.9. The maximum atomic E-state index is 13.3. The molecule has 13 heteroatoms. The fraction of sp³-hybridized carbons (Fsp3) is 0.375. The van der Waals surface area contributed by atoms with Crippen LogP contribution in [-0.2, 0) is 11.0 Å². The van der Waals surface area contributed by atoms with Crippen LogP contribution in [0.15, 0.2) is 66.7 Å². The SMILES string of the molecule is C[C@H]1C[C@@H](n2c(Nc3ccc(OC(F)(F)P)cc3)nc3cc(OCC(=O)Nc4cccc(C(F)(F)F)c4)ccc32)CC(C)(C)C1. The smallest absolute Gasteiger partial charge is 0.416 e. The van der Waals surface area contributed by atoms with Gasteiger partial charge in [-0.05, 0) is 94.4 Å². The standard InChI is InChI=1S/C32H34F5N4O3P/c1-19-13-23(17-30(2,3)16-19)41-27-12-11-25(43-18-28(42)38-22-6-4-5-20(14-22)31(33,34)35)15-26(27)40-29(41)39-21-7-9-24(10-8-21)44-32(36,37)45/h4-12,14-15,19,23H,13,16-18,45H2,1-3H3,(H,38,42)(H,39,40)/t19-,23+/m0/s1. The maximum absolute atomic E-state index is 13.3. The molecule has 3 aromatic carbocycles. The zero-order chi connectivity index (χ0) is 32.6. The molecule has 45 heavy (non-hydrogen) atoms. The van der Waals surface area contributed by atoms with Crippen LogP contribution in [0.1, 0.15) is 51.6 Å². The number of hydrogen-bond donors (Lipinski definition) is 2. The van der Waals surface area contributed by atoms with Gasteiger partial charge < -0.3 is 24.7 Å². The molecule has 1 unspecified atom stereocenters. The maximum Gasteiger partial charge on any atom is 0.416 e. The number of aromatic nitrogens is 2. The molecule has 5 rings (SSSR count). The van der Waals surface area contributed by atoms with Crippen LogP contribution in [0.4, 0.5) is 39.3 Å². The highest BCUT2D eigenvalue weighted by Crippen LogP contribution is 2.46. The quantitative estimate of drug-likeness (QED) is 0.140. The highest BCUT2D eigenvalue weighted by Gasteiger charge is 2.35. The Labute approximate surface area is 259 Å². The van der Waals surface area contributed by atoms with Crippen molar-refractivity contribution in [3.8, 4) is 11.5 Å². The van der Waals surface area contributed by atoms with E-state index in [0.717, 1.165) is 36.9 Å². The summed E-state index contributed by atoms with van der Waals surface area (Å²) in [6.45, 7) is 6.31. The predicted molar refractivity (Wildman–Crippen MR) is 166 cm³/mol. The third kappa shape index (κ3) is 8.42. The minimum Gasteiger partial charge on any atom is -0.484 e. The summed E-state index contributed by atoms with van der Waals surface area (Å²) in [5.74, 6) is -2.60. The van der Waals surface area contributed by atoms with Crippen LogP contribution in [0.3, 0.4) is 0 Å². The fourth-order valence-corrected chi connectivity index (χ4v) is 6.27. The van der Waals surface area contributed by atoms with Gasteiger partial charge >= 0.3 is 12.0 Å². The lowest BCUT2D eigenvalue weighted by atomic mass is 9.70. The Morgan fingerprint density at radius 2 is 1.71 bits per heavy atom. The molecule has 1 heterocycles. The van der Waals surface area contributed by atoms with Gasteiger partial charge in [0.1, 0.15) is 11.5 Å². The number of nitrogens with one attached hydrogen (secondary N) is 2. The van der Waals surface area contributed by atoms with Crippen molar-refractivity contribution in [2.45, 2.75) is 58.1 Å². The molecule has 1 aromatic heterocycles. The molecule has 4 aromatic rings. The molecule has 1 amide bonds. The Morgan fingerprint density at radius 1 is 1.00 bits per heavy atom. The van der Waals surface area contributed by atoms with E-state index in [-0.39, 0.29) is 22.9 Å². The molecule has 240 valence electrons. The highest BCUT2D eigenvalue weighted by molar-refractivity contribution is 7.17. The van der Waals surface area contributed by atoms with Gasteiger partial charge in [-0.3, -0.25) is 4.79 Å². The zero-order valence-electron chi connectivity index (χ0n) is 24.9. The largest absolute Gasteiger partial charge is 0.484 e. The molecule has 3 atom stereocenters. The Bertz CT molecular complexity index is 1670. The second-order valence-corrected chi connectivity index (χ2v) is 12.9. The topological polar surface area (TPSA) is 77.4 Å². The number of alkyl halides is 5. The van der Waals surface area contributed by atoms with Gasteiger partial charge in [0, 0.05) is 23.5 Å². The number of hydrogen-bond acceptors (Lipinski definition) is 5. The number of ether oxygens (including phenoxy) is 2. The third-order valence-corrected chi connectivity index (χ3v) is 7.72. The summed E-state index contributed by atoms with van der Waals surface area (Å²) in [6.07, 6.45) is -1.57. The molecular formula is C32H34F5N4O3P. The summed E-state index contributed by atoms with van der Waals surface area (Å²) in [7, 11) is 1.34. The first kappa shape index (κ1) is 32.5. The molecule has 7 nitrogen and oxygen atoms in total. The number of carbonyl (C=O) groups excluding carboxylic acids is 1. The first-order valence-electron chi connectivity index (χ1n) is 14.4. The van der Waals surface area contributed by atoms with E-state index in [1.807, 2.05) is 6.07 Å². The Hall–Kier alpha value is -3.92. The first-order chi connectivity index (χ1) is 21.0. The van der Waals surface area contributed by atoms with Crippen molar-refractivity contribution in [3.63, 3.8) is 0 Å². The highest BCUT2D eigenvalue weighted by atomic mass is 31.0. The van der Waals surface area contributed by atoms with Crippen LogP contribution in [-0.4, -0.2) is 27.9 Å². The number of amides is 1. The van der Waals surface area contributed by atoms with Gasteiger partial charge in [0.25, 0.3) is 5.91 Å². The average Bonchev–Trinajstić information content (AvgIpc) is 3.28. The molecule has 1 fully saturated rings. The van der Waals surface area contributed by atoms with E-state index in [1.165, 1.54) is 33.5 Å². The van der Waals surface area contributed by atoms with Crippen molar-refractivity contribution >= 4 is 43.5 Å². The van der Waals surface area contributed by atoms with Gasteiger partial charge in [-0.1, -0.05) is 26.8 Å². The lowest BCUT2D eigenvalue weighted by molar-refractivity contribution is -0.137. The summed E-state index contributed by atoms with van der Waals surface area (Å²) in [5.41, 5.74) is 1.32. The second-order valence-electron chi connectivity index (χ2n) is 12.3. The predicted octanol–water partition coefficient (Wildman–Crippen LogP) is 9.01. The minimum atomic E-state index is -4.53. The van der Waals surface area contributed by atoms with Gasteiger partial charge in [0.2, 0.25) is 5.95 Å². The number of rotatable bonds is 9. The van der Waals surface area contributed by atoms with Gasteiger partial charge in [-0.2, -0.15) is 22.0 Å². The Balaban J connectivity index is 1.37. The Kier molecular flexibility index (Phi) is 8.99. The van der Waals surface area contributed by atoms with Gasteiger partial charge in [0.15, 0.2) is 6.61 Å². The summed E-state index contributed by atoms with van der Waals surface area (Å²) >= 11 is 0. The van der Waals surface area contributed by atoms with Crippen LogP contribution < -0.4 is 20.1 Å². The van der Waals surface area contributed by atoms with Crippen molar-refractivity contribution in [3.05, 3.63) is 72.3 Å². The normalized spacial score (nSPS) is 18.4. The number of anilines is 3. The van der Waals surface area contributed by atoms with Gasteiger partial charge in [0.05, 0.1) is 16.6 Å². The zero-order valence-corrected chi connectivity index (χ0v) is 26.1. The lowest BCUT2D eigenvalue weighted by Crippen LogP contribution is -2.29. The molecule has 0 spiro atoms. The number of nitrogens with zero attached hydrogens (tertiary/aromatic N) is 2. The van der Waals surface area contributed by atoms with E-state index in [2.05, 4.69) is 40.7 Å². The van der Waals surface area contributed by atoms with E-state index in [4.69, 9.17) is 9.72 Å². The summed E-state index contributed by atoms with van der Waals surface area (Å²) in [4.78, 5) is 17.3. The van der Waals surface area contributed by atoms with Crippen LogP contribution >= 0.6 is 9.24 Å². The van der Waals surface area contributed by atoms with E-state index in [9.17, 15) is 26.7 Å². The third-order valence-electron chi connectivity index (χ3n) is 7.60. The average molecular weight is 649 g/mol. The lowest BCUT2D eigenvalue weighted by Gasteiger charge is -2.40. The van der Waals surface area contributed by atoms with Crippen molar-refractivity contribution in [2.75, 3.05) is 17.2 Å². The molecule has 0 saturated heterocycles. The van der Waals surface area contributed by atoms with Crippen molar-refractivity contribution in [1.29, 1.82) is 0 Å². The van der Waals surface area contributed by atoms with Crippen LogP contribution in [0.2, 0.25) is 0 Å². The molecule has 2 N–H and O–H groups in total. The van der Waals surface area contributed by atoms with Crippen molar-refractivity contribution in [1.82, 2.24) is 9.55 Å². The van der Waals surface area contributed by atoms with Crippen LogP contribution in [0.5, 0.6) is 11.5 Å². The van der Waals surface area contributed by atoms with Gasteiger partial charge in [-0.15, -0.1) is 0 Å². The van der Waals surface area contributed by atoms with E-state index in [1.54, 1.807) is 24.3 Å². The second kappa shape index (κ2) is 12.5. The number of imidazole rings is 1. The molecule has 0 bridgehead atoms. The Morgan fingerprint density at radius 3 is 2.38 bits per heavy atom. The van der Waals surface area contributed by atoms with Gasteiger partial charge in [-0.25, -0.2) is 4.98 Å². The number of benzene rings is 3. The minimum absolute atomic E-state index is 0.00913. The number of fused-ring (bicyclic) bond motifs is 1. The van der Waals surface area contributed by atoms with Crippen molar-refractivity contribution in [2.24, 2.45) is 11.3 Å². The van der Waals surface area contributed by atoms with Crippen LogP contribution in [0.25, 0.3) is 11.0 Å². The fourth-order valence-electron chi connectivity index (χ4n) is 6.13.